The van der Waals surface area contributed by atoms with Gasteiger partial charge in [0.2, 0.25) is 5.91 Å². The molecule has 0 aliphatic heterocycles. The average Bonchev–Trinajstić information content (AvgIpc) is 2.85. The molecule has 23 heavy (non-hydrogen) atoms. The second kappa shape index (κ2) is 6.84. The maximum atomic E-state index is 12.3. The summed E-state index contributed by atoms with van der Waals surface area (Å²) >= 11 is 0. The van der Waals surface area contributed by atoms with Crippen LogP contribution in [-0.2, 0) is 17.6 Å². The number of hydrogen-bond acceptors (Lipinski definition) is 3. The van der Waals surface area contributed by atoms with Gasteiger partial charge in [-0.05, 0) is 35.7 Å². The number of aliphatic hydroxyl groups excluding tert-OH is 1. The van der Waals surface area contributed by atoms with Gasteiger partial charge in [-0.3, -0.25) is 4.79 Å². The Hall–Kier alpha value is -2.33. The van der Waals surface area contributed by atoms with E-state index in [2.05, 4.69) is 5.32 Å². The molecule has 4 heteroatoms. The Morgan fingerprint density at radius 1 is 1.22 bits per heavy atom. The molecule has 0 heterocycles. The number of nitrogens with one attached hydrogen (secondary N) is 1. The van der Waals surface area contributed by atoms with Gasteiger partial charge in [-0.15, -0.1) is 0 Å². The summed E-state index contributed by atoms with van der Waals surface area (Å²) in [6.07, 6.45) is 0.318. The molecule has 1 aliphatic rings. The zero-order valence-corrected chi connectivity index (χ0v) is 13.2. The highest BCUT2D eigenvalue weighted by Gasteiger charge is 2.31. The lowest BCUT2D eigenvalue weighted by Gasteiger charge is -2.18. The van der Waals surface area contributed by atoms with Crippen LogP contribution in [-0.4, -0.2) is 23.7 Å². The number of carbonyl (C=O) groups is 1. The largest absolute Gasteiger partial charge is 0.494 e. The predicted molar refractivity (Wildman–Crippen MR) is 88.4 cm³/mol. The van der Waals surface area contributed by atoms with Gasteiger partial charge in [0.15, 0.2) is 0 Å². The molecule has 0 radical (unpaired) electrons. The summed E-state index contributed by atoms with van der Waals surface area (Å²) in [6, 6.07) is 15.1. The Morgan fingerprint density at radius 3 is 2.70 bits per heavy atom. The highest BCUT2D eigenvalue weighted by Crippen LogP contribution is 2.31. The van der Waals surface area contributed by atoms with Crippen LogP contribution in [0, 0.1) is 0 Å². The van der Waals surface area contributed by atoms with E-state index in [4.69, 9.17) is 4.74 Å². The van der Waals surface area contributed by atoms with Crippen molar-refractivity contribution < 1.29 is 14.6 Å². The third-order valence-corrected chi connectivity index (χ3v) is 4.12. The third-order valence-electron chi connectivity index (χ3n) is 4.12. The van der Waals surface area contributed by atoms with E-state index in [1.165, 1.54) is 0 Å². The van der Waals surface area contributed by atoms with E-state index in [1.807, 2.05) is 55.5 Å². The quantitative estimate of drug-likeness (QED) is 0.891. The number of benzene rings is 2. The lowest BCUT2D eigenvalue weighted by atomic mass is 10.1. The Bertz CT molecular complexity index is 681. The molecule has 2 unspecified atom stereocenters. The van der Waals surface area contributed by atoms with Crippen molar-refractivity contribution in [2.24, 2.45) is 0 Å². The number of fused-ring (bicyclic) bond motifs is 1. The molecule has 2 N–H and O–H groups in total. The minimum absolute atomic E-state index is 0.0880. The molecule has 2 atom stereocenters. The average molecular weight is 311 g/mol. The molecular formula is C19H21NO3. The maximum absolute atomic E-state index is 12.3. The van der Waals surface area contributed by atoms with E-state index < -0.39 is 6.10 Å². The number of rotatable bonds is 5. The van der Waals surface area contributed by atoms with Crippen LogP contribution in [0.5, 0.6) is 5.75 Å². The van der Waals surface area contributed by atoms with Crippen molar-refractivity contribution in [2.75, 3.05) is 6.61 Å². The summed E-state index contributed by atoms with van der Waals surface area (Å²) in [5.74, 6) is 0.715. The Labute approximate surface area is 136 Å². The second-order valence-corrected chi connectivity index (χ2v) is 5.77. The summed E-state index contributed by atoms with van der Waals surface area (Å²) in [5, 5.41) is 13.1. The van der Waals surface area contributed by atoms with E-state index in [9.17, 15) is 9.90 Å². The molecule has 0 bridgehead atoms. The van der Waals surface area contributed by atoms with Crippen LogP contribution in [0.3, 0.4) is 0 Å². The van der Waals surface area contributed by atoms with Gasteiger partial charge in [0.25, 0.3) is 0 Å². The zero-order chi connectivity index (χ0) is 16.2. The van der Waals surface area contributed by atoms with Crippen LogP contribution in [0.15, 0.2) is 48.5 Å². The summed E-state index contributed by atoms with van der Waals surface area (Å²) in [5.41, 5.74) is 3.04. The van der Waals surface area contributed by atoms with E-state index in [0.717, 1.165) is 22.4 Å². The number of amides is 1. The van der Waals surface area contributed by atoms with Gasteiger partial charge in [0.05, 0.1) is 25.2 Å². The fraction of sp³-hybridized carbons (Fsp3) is 0.316. The smallest absolute Gasteiger partial charge is 0.224 e. The highest BCUT2D eigenvalue weighted by molar-refractivity contribution is 5.79. The number of aliphatic hydroxyl groups is 1. The summed E-state index contributed by atoms with van der Waals surface area (Å²) in [6.45, 7) is 2.56. The second-order valence-electron chi connectivity index (χ2n) is 5.77. The standard InChI is InChI=1S/C19H21NO3/c1-2-23-15-9-7-13(8-10-15)11-18(22)20-19-16-6-4-3-5-14(16)12-17(19)21/h3-10,17,19,21H,2,11-12H2,1H3,(H,20,22). The molecule has 1 amide bonds. The Kier molecular flexibility index (Phi) is 4.63. The maximum Gasteiger partial charge on any atom is 0.224 e. The van der Waals surface area contributed by atoms with Gasteiger partial charge >= 0.3 is 0 Å². The highest BCUT2D eigenvalue weighted by atomic mass is 16.5. The lowest BCUT2D eigenvalue weighted by Crippen LogP contribution is -2.34. The van der Waals surface area contributed by atoms with Gasteiger partial charge in [-0.1, -0.05) is 36.4 Å². The normalized spacial score (nSPS) is 19.2. The first-order valence-electron chi connectivity index (χ1n) is 7.94. The molecule has 0 saturated heterocycles. The molecule has 120 valence electrons. The molecule has 0 fully saturated rings. The van der Waals surface area contributed by atoms with Crippen LogP contribution in [0.25, 0.3) is 0 Å². The summed E-state index contributed by atoms with van der Waals surface area (Å²) < 4.78 is 5.39. The molecule has 4 nitrogen and oxygen atoms in total. The Balaban J connectivity index is 1.63. The fourth-order valence-electron chi connectivity index (χ4n) is 3.03. The molecule has 1 aliphatic carbocycles. The molecule has 2 aromatic rings. The molecule has 3 rings (SSSR count). The van der Waals surface area contributed by atoms with E-state index in [0.29, 0.717) is 13.0 Å². The van der Waals surface area contributed by atoms with Crippen molar-refractivity contribution >= 4 is 5.91 Å². The van der Waals surface area contributed by atoms with Crippen LogP contribution < -0.4 is 10.1 Å². The van der Waals surface area contributed by atoms with Crippen molar-refractivity contribution in [3.63, 3.8) is 0 Å². The van der Waals surface area contributed by atoms with Crippen molar-refractivity contribution in [3.05, 3.63) is 65.2 Å². The monoisotopic (exact) mass is 311 g/mol. The van der Waals surface area contributed by atoms with E-state index in [1.54, 1.807) is 0 Å². The van der Waals surface area contributed by atoms with Gasteiger partial charge in [-0.2, -0.15) is 0 Å². The fourth-order valence-corrected chi connectivity index (χ4v) is 3.03. The number of carbonyl (C=O) groups excluding carboxylic acids is 1. The number of hydrogen-bond donors (Lipinski definition) is 2. The first-order valence-corrected chi connectivity index (χ1v) is 7.94. The van der Waals surface area contributed by atoms with Crippen LogP contribution >= 0.6 is 0 Å². The minimum atomic E-state index is -0.559. The van der Waals surface area contributed by atoms with Crippen molar-refractivity contribution in [3.8, 4) is 5.75 Å². The zero-order valence-electron chi connectivity index (χ0n) is 13.2. The molecule has 0 saturated carbocycles. The van der Waals surface area contributed by atoms with Gasteiger partial charge in [-0.25, -0.2) is 0 Å². The van der Waals surface area contributed by atoms with Crippen LogP contribution in [0.2, 0.25) is 0 Å². The molecular weight excluding hydrogens is 290 g/mol. The molecule has 2 aromatic carbocycles. The van der Waals surface area contributed by atoms with Crippen molar-refractivity contribution in [1.29, 1.82) is 0 Å². The van der Waals surface area contributed by atoms with Crippen LogP contribution in [0.4, 0.5) is 0 Å². The summed E-state index contributed by atoms with van der Waals surface area (Å²) in [4.78, 5) is 12.3. The predicted octanol–water partition coefficient (Wildman–Crippen LogP) is 2.40. The first kappa shape index (κ1) is 15.6. The molecule has 0 aromatic heterocycles. The van der Waals surface area contributed by atoms with E-state index in [-0.39, 0.29) is 18.4 Å². The lowest BCUT2D eigenvalue weighted by molar-refractivity contribution is -0.121. The van der Waals surface area contributed by atoms with Gasteiger partial charge in [0, 0.05) is 6.42 Å². The topological polar surface area (TPSA) is 58.6 Å². The van der Waals surface area contributed by atoms with Crippen LogP contribution in [0.1, 0.15) is 29.7 Å². The molecule has 0 spiro atoms. The Morgan fingerprint density at radius 2 is 1.96 bits per heavy atom. The first-order chi connectivity index (χ1) is 11.2. The third kappa shape index (κ3) is 3.54. The minimum Gasteiger partial charge on any atom is -0.494 e. The SMILES string of the molecule is CCOc1ccc(CC(=O)NC2c3ccccc3CC2O)cc1. The van der Waals surface area contributed by atoms with Gasteiger partial charge < -0.3 is 15.2 Å². The van der Waals surface area contributed by atoms with Crippen molar-refractivity contribution in [2.45, 2.75) is 31.9 Å². The number of ether oxygens (including phenoxy) is 1. The van der Waals surface area contributed by atoms with Gasteiger partial charge in [0.1, 0.15) is 5.75 Å². The van der Waals surface area contributed by atoms with E-state index >= 15 is 0 Å². The van der Waals surface area contributed by atoms with Crippen molar-refractivity contribution in [1.82, 2.24) is 5.32 Å². The summed E-state index contributed by atoms with van der Waals surface area (Å²) in [7, 11) is 0.